The minimum Gasteiger partial charge on any atom is -0.347 e. The van der Waals surface area contributed by atoms with Gasteiger partial charge >= 0.3 is 0 Å². The van der Waals surface area contributed by atoms with Crippen LogP contribution in [0.4, 0.5) is 0 Å². The number of hydrogen-bond acceptors (Lipinski definition) is 3. The Labute approximate surface area is 256 Å². The molecular formula is C36H34ClN5O. The molecule has 0 aliphatic carbocycles. The number of amides is 1. The van der Waals surface area contributed by atoms with Crippen molar-refractivity contribution in [1.29, 1.82) is 0 Å². The normalized spacial score (nSPS) is 14.2. The number of imidazole rings is 1. The Kier molecular flexibility index (Phi) is 7.25. The van der Waals surface area contributed by atoms with Crippen molar-refractivity contribution >= 4 is 39.1 Å². The van der Waals surface area contributed by atoms with Gasteiger partial charge in [-0.25, -0.2) is 4.98 Å². The first-order chi connectivity index (χ1) is 20.9. The van der Waals surface area contributed by atoms with Crippen LogP contribution in [-0.4, -0.2) is 63.1 Å². The van der Waals surface area contributed by atoms with Gasteiger partial charge in [0, 0.05) is 55.7 Å². The fraction of sp³-hybridized carbons (Fsp3) is 0.222. The van der Waals surface area contributed by atoms with E-state index in [0.717, 1.165) is 52.9 Å². The summed E-state index contributed by atoms with van der Waals surface area (Å²) in [6.07, 6.45) is 6.04. The molecule has 0 atom stereocenters. The van der Waals surface area contributed by atoms with Gasteiger partial charge in [-0.3, -0.25) is 4.79 Å². The summed E-state index contributed by atoms with van der Waals surface area (Å²) in [5.74, 6) is 0.0623. The lowest BCUT2D eigenvalue weighted by Crippen LogP contribution is -2.47. The van der Waals surface area contributed by atoms with Gasteiger partial charge in [0.2, 0.25) is 0 Å². The molecule has 43 heavy (non-hydrogen) atoms. The number of nitrogens with zero attached hydrogens (tertiary/aromatic N) is 5. The van der Waals surface area contributed by atoms with Gasteiger partial charge in [-0.15, -0.1) is 0 Å². The molecule has 6 aromatic rings. The van der Waals surface area contributed by atoms with Gasteiger partial charge < -0.3 is 18.9 Å². The summed E-state index contributed by atoms with van der Waals surface area (Å²) in [6, 6.07) is 27.2. The highest BCUT2D eigenvalue weighted by molar-refractivity contribution is 6.32. The Balaban J connectivity index is 1.27. The van der Waals surface area contributed by atoms with E-state index >= 15 is 0 Å². The van der Waals surface area contributed by atoms with Crippen LogP contribution >= 0.6 is 11.6 Å². The summed E-state index contributed by atoms with van der Waals surface area (Å²) in [5.41, 5.74) is 5.90. The molecule has 216 valence electrons. The van der Waals surface area contributed by atoms with Crippen molar-refractivity contribution in [3.05, 3.63) is 125 Å². The molecule has 0 N–H and O–H groups in total. The number of likely N-dealkylation sites (N-methyl/N-ethyl adjacent to an activating group) is 1. The van der Waals surface area contributed by atoms with Gasteiger partial charge in [-0.2, -0.15) is 0 Å². The maximum Gasteiger partial charge on any atom is 0.256 e. The molecule has 1 saturated heterocycles. The molecule has 7 rings (SSSR count). The second-order valence-corrected chi connectivity index (χ2v) is 12.1. The van der Waals surface area contributed by atoms with E-state index in [4.69, 9.17) is 11.6 Å². The Morgan fingerprint density at radius 3 is 2.37 bits per heavy atom. The first-order valence-electron chi connectivity index (χ1n) is 14.8. The minimum atomic E-state index is 0.0623. The topological polar surface area (TPSA) is 46.3 Å². The zero-order valence-electron chi connectivity index (χ0n) is 24.5. The molecular weight excluding hydrogens is 554 g/mol. The van der Waals surface area contributed by atoms with E-state index in [1.807, 2.05) is 41.7 Å². The average molecular weight is 588 g/mol. The maximum atomic E-state index is 14.1. The van der Waals surface area contributed by atoms with Crippen LogP contribution in [0.15, 0.2) is 97.6 Å². The summed E-state index contributed by atoms with van der Waals surface area (Å²) >= 11 is 6.63. The molecule has 1 amide bonds. The largest absolute Gasteiger partial charge is 0.347 e. The van der Waals surface area contributed by atoms with E-state index in [0.29, 0.717) is 30.2 Å². The number of piperazine rings is 1. The number of halogens is 1. The summed E-state index contributed by atoms with van der Waals surface area (Å²) in [6.45, 7) is 6.55. The van der Waals surface area contributed by atoms with Crippen LogP contribution in [0.2, 0.25) is 5.02 Å². The molecule has 0 spiro atoms. The second-order valence-electron chi connectivity index (χ2n) is 11.6. The number of benzene rings is 4. The lowest BCUT2D eigenvalue weighted by molar-refractivity contribution is 0.0665. The molecule has 7 heteroatoms. The van der Waals surface area contributed by atoms with Gasteiger partial charge in [-0.05, 0) is 64.8 Å². The van der Waals surface area contributed by atoms with Crippen molar-refractivity contribution in [2.45, 2.75) is 20.0 Å². The lowest BCUT2D eigenvalue weighted by Gasteiger charge is -2.32. The molecule has 0 unspecified atom stereocenters. The van der Waals surface area contributed by atoms with E-state index in [2.05, 4.69) is 93.8 Å². The number of aryl methyl sites for hydroxylation is 1. The minimum absolute atomic E-state index is 0.0623. The third-order valence-corrected chi connectivity index (χ3v) is 8.89. The summed E-state index contributed by atoms with van der Waals surface area (Å²) in [5, 5.41) is 5.26. The zero-order valence-corrected chi connectivity index (χ0v) is 25.3. The predicted molar refractivity (Wildman–Crippen MR) is 175 cm³/mol. The first kappa shape index (κ1) is 27.4. The average Bonchev–Trinajstić information content (AvgIpc) is 3.60. The molecule has 6 nitrogen and oxygen atoms in total. The van der Waals surface area contributed by atoms with Crippen molar-refractivity contribution in [2.75, 3.05) is 33.2 Å². The molecule has 2 aromatic heterocycles. The maximum absolute atomic E-state index is 14.1. The highest BCUT2D eigenvalue weighted by Gasteiger charge is 2.26. The number of hydrogen-bond donors (Lipinski definition) is 0. The van der Waals surface area contributed by atoms with Crippen LogP contribution in [0.5, 0.6) is 0 Å². The van der Waals surface area contributed by atoms with Crippen LogP contribution in [0, 0.1) is 6.92 Å². The summed E-state index contributed by atoms with van der Waals surface area (Å²) < 4.78 is 4.35. The Morgan fingerprint density at radius 1 is 0.814 bits per heavy atom. The van der Waals surface area contributed by atoms with E-state index in [1.54, 1.807) is 0 Å². The molecule has 1 aliphatic heterocycles. The third kappa shape index (κ3) is 5.44. The predicted octanol–water partition coefficient (Wildman–Crippen LogP) is 7.10. The van der Waals surface area contributed by atoms with Gasteiger partial charge in [0.1, 0.15) is 0 Å². The van der Waals surface area contributed by atoms with Crippen molar-refractivity contribution in [3.63, 3.8) is 0 Å². The van der Waals surface area contributed by atoms with Crippen LogP contribution in [0.3, 0.4) is 0 Å². The molecule has 0 bridgehead atoms. The number of rotatable bonds is 6. The molecule has 4 aromatic carbocycles. The quantitative estimate of drug-likeness (QED) is 0.209. The number of fused-ring (bicyclic) bond motifs is 2. The van der Waals surface area contributed by atoms with Crippen molar-refractivity contribution in [3.8, 4) is 11.1 Å². The van der Waals surface area contributed by atoms with Crippen molar-refractivity contribution in [1.82, 2.24) is 23.9 Å². The summed E-state index contributed by atoms with van der Waals surface area (Å²) in [4.78, 5) is 23.0. The highest BCUT2D eigenvalue weighted by Crippen LogP contribution is 2.35. The van der Waals surface area contributed by atoms with E-state index in [9.17, 15) is 4.79 Å². The first-order valence-corrected chi connectivity index (χ1v) is 15.2. The Bertz CT molecular complexity index is 1960. The smallest absolute Gasteiger partial charge is 0.256 e. The van der Waals surface area contributed by atoms with E-state index in [1.165, 1.54) is 16.3 Å². The number of aromatic nitrogens is 3. The number of carbonyl (C=O) groups is 1. The Hall–Kier alpha value is -4.39. The third-order valence-electron chi connectivity index (χ3n) is 8.67. The fourth-order valence-corrected chi connectivity index (χ4v) is 6.44. The molecule has 3 heterocycles. The van der Waals surface area contributed by atoms with Crippen molar-refractivity contribution < 1.29 is 4.79 Å². The van der Waals surface area contributed by atoms with Crippen molar-refractivity contribution in [2.24, 2.45) is 0 Å². The SMILES string of the molecule is Cc1ncn(Cc2ccc3ccccc3c2)c1Cn1cc(C(=O)N2CCN(C)CC2)c(-c2cc(Cl)cc3ccccc23)c1. The number of carbonyl (C=O) groups excluding carboxylic acids is 1. The van der Waals surface area contributed by atoms with E-state index in [-0.39, 0.29) is 5.91 Å². The molecule has 0 saturated carbocycles. The van der Waals surface area contributed by atoms with E-state index < -0.39 is 0 Å². The second kappa shape index (κ2) is 11.4. The van der Waals surface area contributed by atoms with Gasteiger partial charge in [0.25, 0.3) is 5.91 Å². The monoisotopic (exact) mass is 587 g/mol. The van der Waals surface area contributed by atoms with Crippen LogP contribution in [0.1, 0.15) is 27.3 Å². The standard InChI is InChI=1S/C36H34ClN5O/c1-25-35(42(24-38-25)20-26-11-12-27-7-3-4-8-28(27)17-26)23-40-21-33(32-19-30(37)18-29-9-5-6-10-31(29)32)34(22-40)36(43)41-15-13-39(2)14-16-41/h3-12,17-19,21-22,24H,13-16,20,23H2,1-2H3. The van der Waals surface area contributed by atoms with Gasteiger partial charge in [-0.1, -0.05) is 72.3 Å². The zero-order chi connectivity index (χ0) is 29.5. The van der Waals surface area contributed by atoms with Gasteiger partial charge in [0.05, 0.1) is 29.8 Å². The van der Waals surface area contributed by atoms with Gasteiger partial charge in [0.15, 0.2) is 0 Å². The molecule has 0 radical (unpaired) electrons. The fourth-order valence-electron chi connectivity index (χ4n) is 6.22. The Morgan fingerprint density at radius 2 is 1.56 bits per heavy atom. The van der Waals surface area contributed by atoms with Crippen LogP contribution in [-0.2, 0) is 13.1 Å². The summed E-state index contributed by atoms with van der Waals surface area (Å²) in [7, 11) is 2.10. The molecule has 1 aliphatic rings. The van der Waals surface area contributed by atoms with Crippen LogP contribution in [0.25, 0.3) is 32.7 Å². The lowest BCUT2D eigenvalue weighted by atomic mass is 9.97. The molecule has 1 fully saturated rings. The van der Waals surface area contributed by atoms with Crippen LogP contribution < -0.4 is 0 Å². The highest BCUT2D eigenvalue weighted by atomic mass is 35.5.